The first-order chi connectivity index (χ1) is 6.96. The molecule has 1 saturated heterocycles. The Labute approximate surface area is 88.5 Å². The van der Waals surface area contributed by atoms with E-state index < -0.39 is 22.0 Å². The largest absolute Gasteiger partial charge is 0.449 e. The molecule has 1 heterocycles. The summed E-state index contributed by atoms with van der Waals surface area (Å²) in [5.41, 5.74) is 0. The molecule has 0 aromatic rings. The number of carbonyl (C=O) groups excluding carboxylic acids is 1. The van der Waals surface area contributed by atoms with Gasteiger partial charge in [0.1, 0.15) is 12.1 Å². The van der Waals surface area contributed by atoms with Gasteiger partial charge in [0.25, 0.3) is 0 Å². The van der Waals surface area contributed by atoms with E-state index in [9.17, 15) is 13.2 Å². The minimum absolute atomic E-state index is 0.338. The summed E-state index contributed by atoms with van der Waals surface area (Å²) < 4.78 is 28.3. The standard InChI is InChI=1S/C8H12N2O4S/c1-15(12,13)10-5-2-3-7(10)8(11)14-6-4-9/h7H,2-3,5-6H2,1H3. The minimum atomic E-state index is -3.37. The molecule has 0 amide bonds. The second kappa shape index (κ2) is 4.59. The second-order valence-electron chi connectivity index (χ2n) is 3.30. The Morgan fingerprint density at radius 1 is 1.67 bits per heavy atom. The average Bonchev–Trinajstić information content (AvgIpc) is 2.61. The molecular weight excluding hydrogens is 220 g/mol. The van der Waals surface area contributed by atoms with Gasteiger partial charge in [-0.05, 0) is 12.8 Å². The number of carbonyl (C=O) groups is 1. The SMILES string of the molecule is CS(=O)(=O)N1CCCC1C(=O)OCC#N. The highest BCUT2D eigenvalue weighted by Crippen LogP contribution is 2.21. The number of ether oxygens (including phenoxy) is 1. The van der Waals surface area contributed by atoms with Gasteiger partial charge in [0.2, 0.25) is 10.0 Å². The number of esters is 1. The molecule has 84 valence electrons. The summed E-state index contributed by atoms with van der Waals surface area (Å²) in [5.74, 6) is -0.639. The van der Waals surface area contributed by atoms with Crippen LogP contribution in [0.5, 0.6) is 0 Å². The fraction of sp³-hybridized carbons (Fsp3) is 0.750. The third kappa shape index (κ3) is 2.91. The molecule has 1 aliphatic rings. The number of hydrogen-bond acceptors (Lipinski definition) is 5. The first-order valence-corrected chi connectivity index (χ1v) is 6.32. The first-order valence-electron chi connectivity index (χ1n) is 4.47. The zero-order chi connectivity index (χ0) is 11.5. The van der Waals surface area contributed by atoms with Gasteiger partial charge in [0.05, 0.1) is 6.26 Å². The van der Waals surface area contributed by atoms with Crippen molar-refractivity contribution in [3.05, 3.63) is 0 Å². The summed E-state index contributed by atoms with van der Waals surface area (Å²) in [5, 5.41) is 8.22. The smallest absolute Gasteiger partial charge is 0.325 e. The van der Waals surface area contributed by atoms with Crippen LogP contribution in [0.3, 0.4) is 0 Å². The molecule has 0 aliphatic carbocycles. The van der Waals surface area contributed by atoms with Crippen LogP contribution in [0.2, 0.25) is 0 Å². The molecule has 0 radical (unpaired) electrons. The Kier molecular flexibility index (Phi) is 3.66. The van der Waals surface area contributed by atoms with Crippen LogP contribution < -0.4 is 0 Å². The predicted molar refractivity (Wildman–Crippen MR) is 51.1 cm³/mol. The average molecular weight is 232 g/mol. The van der Waals surface area contributed by atoms with E-state index >= 15 is 0 Å². The summed E-state index contributed by atoms with van der Waals surface area (Å²) in [7, 11) is -3.37. The maximum atomic E-state index is 11.4. The van der Waals surface area contributed by atoms with E-state index in [-0.39, 0.29) is 6.61 Å². The monoisotopic (exact) mass is 232 g/mol. The van der Waals surface area contributed by atoms with Crippen LogP contribution in [0, 0.1) is 11.3 Å². The van der Waals surface area contributed by atoms with Crippen LogP contribution >= 0.6 is 0 Å². The molecule has 0 saturated carbocycles. The van der Waals surface area contributed by atoms with E-state index in [0.29, 0.717) is 19.4 Å². The molecule has 1 rings (SSSR count). The zero-order valence-corrected chi connectivity index (χ0v) is 9.16. The molecule has 1 fully saturated rings. The van der Waals surface area contributed by atoms with Crippen LogP contribution in [0.25, 0.3) is 0 Å². The second-order valence-corrected chi connectivity index (χ2v) is 5.23. The van der Waals surface area contributed by atoms with E-state index in [2.05, 4.69) is 4.74 Å². The van der Waals surface area contributed by atoms with Crippen LogP contribution in [0.4, 0.5) is 0 Å². The topological polar surface area (TPSA) is 87.5 Å². The van der Waals surface area contributed by atoms with Crippen LogP contribution in [0.15, 0.2) is 0 Å². The van der Waals surface area contributed by atoms with Gasteiger partial charge in [-0.1, -0.05) is 0 Å². The third-order valence-corrected chi connectivity index (χ3v) is 3.47. The lowest BCUT2D eigenvalue weighted by Crippen LogP contribution is -2.40. The summed E-state index contributed by atoms with van der Waals surface area (Å²) in [6.07, 6.45) is 2.15. The summed E-state index contributed by atoms with van der Waals surface area (Å²) in [6.45, 7) is -0.00190. The summed E-state index contributed by atoms with van der Waals surface area (Å²) in [4.78, 5) is 11.4. The Balaban J connectivity index is 2.70. The maximum absolute atomic E-state index is 11.4. The molecule has 0 bridgehead atoms. The van der Waals surface area contributed by atoms with Crippen molar-refractivity contribution in [2.45, 2.75) is 18.9 Å². The molecule has 0 aromatic carbocycles. The van der Waals surface area contributed by atoms with Crippen molar-refractivity contribution >= 4 is 16.0 Å². The van der Waals surface area contributed by atoms with Gasteiger partial charge < -0.3 is 4.74 Å². The van der Waals surface area contributed by atoms with Crippen LogP contribution in [-0.4, -0.2) is 44.1 Å². The first kappa shape index (κ1) is 11.9. The lowest BCUT2D eigenvalue weighted by molar-refractivity contribution is -0.146. The van der Waals surface area contributed by atoms with E-state index in [1.807, 2.05) is 0 Å². The van der Waals surface area contributed by atoms with Gasteiger partial charge in [0.15, 0.2) is 6.61 Å². The number of hydrogen-bond donors (Lipinski definition) is 0. The Hall–Kier alpha value is -1.13. The van der Waals surface area contributed by atoms with Crippen molar-refractivity contribution in [1.82, 2.24) is 4.31 Å². The molecule has 0 spiro atoms. The molecule has 1 aliphatic heterocycles. The Morgan fingerprint density at radius 3 is 2.87 bits per heavy atom. The highest BCUT2D eigenvalue weighted by atomic mass is 32.2. The van der Waals surface area contributed by atoms with E-state index in [4.69, 9.17) is 5.26 Å². The molecule has 1 unspecified atom stereocenters. The van der Waals surface area contributed by atoms with Crippen molar-refractivity contribution in [3.8, 4) is 6.07 Å². The highest BCUT2D eigenvalue weighted by Gasteiger charge is 2.37. The Morgan fingerprint density at radius 2 is 2.33 bits per heavy atom. The number of nitriles is 1. The lowest BCUT2D eigenvalue weighted by atomic mass is 10.2. The van der Waals surface area contributed by atoms with Gasteiger partial charge in [-0.2, -0.15) is 9.57 Å². The number of sulfonamides is 1. The normalized spacial score (nSPS) is 22.3. The molecule has 7 heteroatoms. The predicted octanol–water partition coefficient (Wildman–Crippen LogP) is -0.523. The highest BCUT2D eigenvalue weighted by molar-refractivity contribution is 7.88. The van der Waals surface area contributed by atoms with E-state index in [1.54, 1.807) is 6.07 Å². The molecule has 6 nitrogen and oxygen atoms in total. The third-order valence-electron chi connectivity index (χ3n) is 2.18. The number of nitrogens with zero attached hydrogens (tertiary/aromatic N) is 2. The van der Waals surface area contributed by atoms with E-state index in [1.165, 1.54) is 0 Å². The van der Waals surface area contributed by atoms with Crippen molar-refractivity contribution in [3.63, 3.8) is 0 Å². The Bertz CT molecular complexity index is 384. The van der Waals surface area contributed by atoms with Gasteiger partial charge >= 0.3 is 5.97 Å². The van der Waals surface area contributed by atoms with Crippen molar-refractivity contribution in [2.24, 2.45) is 0 Å². The summed E-state index contributed by atoms with van der Waals surface area (Å²) in [6, 6.07) is 0.908. The number of rotatable bonds is 3. The fourth-order valence-corrected chi connectivity index (χ4v) is 2.69. The molecule has 1 atom stereocenters. The summed E-state index contributed by atoms with van der Waals surface area (Å²) >= 11 is 0. The van der Waals surface area contributed by atoms with Crippen molar-refractivity contribution < 1.29 is 17.9 Å². The van der Waals surface area contributed by atoms with Crippen molar-refractivity contribution in [1.29, 1.82) is 5.26 Å². The van der Waals surface area contributed by atoms with Crippen LogP contribution in [0.1, 0.15) is 12.8 Å². The lowest BCUT2D eigenvalue weighted by Gasteiger charge is -2.19. The van der Waals surface area contributed by atoms with Gasteiger partial charge in [0, 0.05) is 6.54 Å². The van der Waals surface area contributed by atoms with E-state index in [0.717, 1.165) is 10.6 Å². The van der Waals surface area contributed by atoms with Crippen LogP contribution in [-0.2, 0) is 19.6 Å². The molecule has 15 heavy (non-hydrogen) atoms. The fourth-order valence-electron chi connectivity index (χ4n) is 1.57. The van der Waals surface area contributed by atoms with Gasteiger partial charge in [-0.3, -0.25) is 4.79 Å². The zero-order valence-electron chi connectivity index (χ0n) is 8.34. The molecular formula is C8H12N2O4S. The van der Waals surface area contributed by atoms with Gasteiger partial charge in [-0.15, -0.1) is 0 Å². The quantitative estimate of drug-likeness (QED) is 0.611. The molecule has 0 aromatic heterocycles. The van der Waals surface area contributed by atoms with Gasteiger partial charge in [-0.25, -0.2) is 8.42 Å². The molecule has 0 N–H and O–H groups in total. The van der Waals surface area contributed by atoms with Crippen molar-refractivity contribution in [2.75, 3.05) is 19.4 Å². The maximum Gasteiger partial charge on any atom is 0.325 e. The minimum Gasteiger partial charge on any atom is -0.449 e.